The van der Waals surface area contributed by atoms with Gasteiger partial charge in [0.05, 0.1) is 6.10 Å². The van der Waals surface area contributed by atoms with E-state index in [0.717, 1.165) is 21.2 Å². The Morgan fingerprint density at radius 2 is 1.84 bits per heavy atom. The fourth-order valence-corrected chi connectivity index (χ4v) is 3.06. The standard InChI is InChI=1S/C15H13Br2FO/c1-9-4-11(16)2-3-14(9)15(19)7-10-5-12(17)8-13(18)6-10/h2-6,8,15,19H,7H2,1H3. The maximum atomic E-state index is 13.3. The number of halogens is 3. The fraction of sp³-hybridized carbons (Fsp3) is 0.200. The van der Waals surface area contributed by atoms with Crippen molar-refractivity contribution in [2.24, 2.45) is 0 Å². The van der Waals surface area contributed by atoms with Gasteiger partial charge in [0.1, 0.15) is 5.82 Å². The molecule has 1 N–H and O–H groups in total. The van der Waals surface area contributed by atoms with Crippen molar-refractivity contribution >= 4 is 31.9 Å². The number of aliphatic hydroxyl groups excluding tert-OH is 1. The maximum Gasteiger partial charge on any atom is 0.124 e. The lowest BCUT2D eigenvalue weighted by atomic mass is 9.98. The Hall–Kier alpha value is -0.710. The van der Waals surface area contributed by atoms with Crippen molar-refractivity contribution in [3.8, 4) is 0 Å². The quantitative estimate of drug-likeness (QED) is 0.791. The SMILES string of the molecule is Cc1cc(Br)ccc1C(O)Cc1cc(F)cc(Br)c1. The molecule has 100 valence electrons. The number of aliphatic hydroxyl groups is 1. The molecule has 0 aliphatic heterocycles. The summed E-state index contributed by atoms with van der Waals surface area (Å²) in [5.74, 6) is -0.302. The average Bonchev–Trinajstić information content (AvgIpc) is 2.26. The van der Waals surface area contributed by atoms with Gasteiger partial charge in [-0.15, -0.1) is 0 Å². The summed E-state index contributed by atoms with van der Waals surface area (Å²) >= 11 is 6.65. The van der Waals surface area contributed by atoms with Gasteiger partial charge in [0, 0.05) is 15.4 Å². The lowest BCUT2D eigenvalue weighted by molar-refractivity contribution is 0.177. The van der Waals surface area contributed by atoms with Crippen molar-refractivity contribution in [2.75, 3.05) is 0 Å². The van der Waals surface area contributed by atoms with E-state index in [-0.39, 0.29) is 5.82 Å². The van der Waals surface area contributed by atoms with Gasteiger partial charge in [-0.25, -0.2) is 4.39 Å². The minimum atomic E-state index is -0.637. The molecule has 19 heavy (non-hydrogen) atoms. The van der Waals surface area contributed by atoms with Crippen molar-refractivity contribution in [3.05, 3.63) is 67.9 Å². The zero-order valence-corrected chi connectivity index (χ0v) is 13.5. The first-order chi connectivity index (χ1) is 8.95. The highest BCUT2D eigenvalue weighted by molar-refractivity contribution is 9.10. The van der Waals surface area contributed by atoms with Gasteiger partial charge in [-0.05, 0) is 53.9 Å². The normalized spacial score (nSPS) is 12.5. The van der Waals surface area contributed by atoms with Crippen molar-refractivity contribution in [3.63, 3.8) is 0 Å². The van der Waals surface area contributed by atoms with Crippen LogP contribution in [0.15, 0.2) is 45.3 Å². The van der Waals surface area contributed by atoms with E-state index < -0.39 is 6.10 Å². The Morgan fingerprint density at radius 3 is 2.47 bits per heavy atom. The van der Waals surface area contributed by atoms with Crippen LogP contribution in [0.1, 0.15) is 22.8 Å². The van der Waals surface area contributed by atoms with E-state index >= 15 is 0 Å². The molecule has 0 aromatic heterocycles. The molecule has 0 heterocycles. The number of aryl methyl sites for hydroxylation is 1. The Labute approximate surface area is 128 Å². The lowest BCUT2D eigenvalue weighted by Crippen LogP contribution is -2.04. The second kappa shape index (κ2) is 6.16. The van der Waals surface area contributed by atoms with Gasteiger partial charge in [0.15, 0.2) is 0 Å². The van der Waals surface area contributed by atoms with Crippen LogP contribution in [0.5, 0.6) is 0 Å². The van der Waals surface area contributed by atoms with E-state index in [4.69, 9.17) is 0 Å². The van der Waals surface area contributed by atoms with E-state index in [1.807, 2.05) is 31.2 Å². The third-order valence-electron chi connectivity index (χ3n) is 2.94. The highest BCUT2D eigenvalue weighted by atomic mass is 79.9. The minimum absolute atomic E-state index is 0.302. The van der Waals surface area contributed by atoms with Crippen molar-refractivity contribution in [1.29, 1.82) is 0 Å². The van der Waals surface area contributed by atoms with Crippen molar-refractivity contribution in [2.45, 2.75) is 19.4 Å². The first-order valence-corrected chi connectivity index (χ1v) is 7.43. The molecule has 0 fully saturated rings. The Kier molecular flexibility index (Phi) is 4.76. The molecular formula is C15H13Br2FO. The summed E-state index contributed by atoms with van der Waals surface area (Å²) in [5.41, 5.74) is 2.64. The van der Waals surface area contributed by atoms with Crippen LogP contribution >= 0.6 is 31.9 Å². The van der Waals surface area contributed by atoms with Crippen LogP contribution in [0.25, 0.3) is 0 Å². The summed E-state index contributed by atoms with van der Waals surface area (Å²) in [5, 5.41) is 10.3. The second-order valence-corrected chi connectivity index (χ2v) is 6.33. The van der Waals surface area contributed by atoms with Crippen molar-refractivity contribution < 1.29 is 9.50 Å². The number of rotatable bonds is 3. The Bertz CT molecular complexity index is 578. The van der Waals surface area contributed by atoms with Gasteiger partial charge < -0.3 is 5.11 Å². The second-order valence-electron chi connectivity index (χ2n) is 4.50. The molecule has 2 aromatic rings. The Morgan fingerprint density at radius 1 is 1.11 bits per heavy atom. The van der Waals surface area contributed by atoms with Crippen LogP contribution < -0.4 is 0 Å². The lowest BCUT2D eigenvalue weighted by Gasteiger charge is -2.14. The Balaban J connectivity index is 2.22. The molecule has 0 aliphatic carbocycles. The molecule has 0 radical (unpaired) electrons. The highest BCUT2D eigenvalue weighted by Gasteiger charge is 2.12. The largest absolute Gasteiger partial charge is 0.388 e. The summed E-state index contributed by atoms with van der Waals surface area (Å²) in [4.78, 5) is 0. The molecule has 0 amide bonds. The van der Waals surface area contributed by atoms with E-state index in [1.165, 1.54) is 12.1 Å². The van der Waals surface area contributed by atoms with Crippen LogP contribution in [-0.2, 0) is 6.42 Å². The summed E-state index contributed by atoms with van der Waals surface area (Å²) in [6.07, 6.45) is -0.249. The molecule has 0 saturated carbocycles. The smallest absolute Gasteiger partial charge is 0.124 e. The van der Waals surface area contributed by atoms with Gasteiger partial charge in [-0.3, -0.25) is 0 Å². The van der Waals surface area contributed by atoms with E-state index in [2.05, 4.69) is 31.9 Å². The summed E-state index contributed by atoms with van der Waals surface area (Å²) in [6, 6.07) is 10.4. The molecule has 0 saturated heterocycles. The van der Waals surface area contributed by atoms with Crippen LogP contribution in [0, 0.1) is 12.7 Å². The summed E-state index contributed by atoms with van der Waals surface area (Å²) < 4.78 is 15.0. The predicted octanol–water partition coefficient (Wildman–Crippen LogP) is 4.94. The number of hydrogen-bond donors (Lipinski definition) is 1. The molecule has 1 nitrogen and oxygen atoms in total. The molecule has 2 aromatic carbocycles. The van der Waals surface area contributed by atoms with Crippen LogP contribution in [0.2, 0.25) is 0 Å². The van der Waals surface area contributed by atoms with Gasteiger partial charge in [0.2, 0.25) is 0 Å². The van der Waals surface area contributed by atoms with Gasteiger partial charge in [0.25, 0.3) is 0 Å². The zero-order valence-electron chi connectivity index (χ0n) is 10.3. The summed E-state index contributed by atoms with van der Waals surface area (Å²) in [7, 11) is 0. The van der Waals surface area contributed by atoms with Crippen LogP contribution in [-0.4, -0.2) is 5.11 Å². The maximum absolute atomic E-state index is 13.3. The predicted molar refractivity (Wildman–Crippen MR) is 81.6 cm³/mol. The molecule has 1 unspecified atom stereocenters. The molecule has 0 bridgehead atoms. The van der Waals surface area contributed by atoms with Crippen LogP contribution in [0.3, 0.4) is 0 Å². The monoisotopic (exact) mass is 386 g/mol. The first kappa shape index (κ1) is 14.7. The third-order valence-corrected chi connectivity index (χ3v) is 3.89. The summed E-state index contributed by atoms with van der Waals surface area (Å²) in [6.45, 7) is 1.95. The molecule has 1 atom stereocenters. The highest BCUT2D eigenvalue weighted by Crippen LogP contribution is 2.25. The zero-order chi connectivity index (χ0) is 14.0. The fourth-order valence-electron chi connectivity index (χ4n) is 2.08. The molecule has 0 aliphatic rings. The third kappa shape index (κ3) is 3.88. The molecule has 0 spiro atoms. The molecular weight excluding hydrogens is 375 g/mol. The van der Waals surface area contributed by atoms with Crippen molar-refractivity contribution in [1.82, 2.24) is 0 Å². The van der Waals surface area contributed by atoms with E-state index in [9.17, 15) is 9.50 Å². The average molecular weight is 388 g/mol. The minimum Gasteiger partial charge on any atom is -0.388 e. The van der Waals surface area contributed by atoms with Crippen LogP contribution in [0.4, 0.5) is 4.39 Å². The van der Waals surface area contributed by atoms with Gasteiger partial charge in [-0.2, -0.15) is 0 Å². The topological polar surface area (TPSA) is 20.2 Å². The van der Waals surface area contributed by atoms with E-state index in [0.29, 0.717) is 10.9 Å². The van der Waals surface area contributed by atoms with Gasteiger partial charge >= 0.3 is 0 Å². The van der Waals surface area contributed by atoms with Gasteiger partial charge in [-0.1, -0.05) is 37.9 Å². The molecule has 4 heteroatoms. The number of benzene rings is 2. The molecule has 2 rings (SSSR count). The van der Waals surface area contributed by atoms with E-state index in [1.54, 1.807) is 0 Å². The first-order valence-electron chi connectivity index (χ1n) is 5.85. The number of hydrogen-bond acceptors (Lipinski definition) is 1.